The highest BCUT2D eigenvalue weighted by Gasteiger charge is 2.04. The zero-order valence-corrected chi connectivity index (χ0v) is 9.49. The molecule has 66 valence electrons. The summed E-state index contributed by atoms with van der Waals surface area (Å²) in [5.74, 6) is 0. The van der Waals surface area contributed by atoms with Gasteiger partial charge in [-0.15, -0.1) is 0 Å². The van der Waals surface area contributed by atoms with E-state index in [0.29, 0.717) is 10.0 Å². The third kappa shape index (κ3) is 1.66. The first-order chi connectivity index (χ1) is 6.18. The highest BCUT2D eigenvalue weighted by Crippen LogP contribution is 2.30. The molecule has 0 aliphatic carbocycles. The van der Waals surface area contributed by atoms with Gasteiger partial charge in [-0.05, 0) is 28.1 Å². The van der Waals surface area contributed by atoms with Gasteiger partial charge in [0.05, 0.1) is 20.0 Å². The number of hydrogen-bond donors (Lipinski definition) is 0. The summed E-state index contributed by atoms with van der Waals surface area (Å²) in [6.45, 7) is 0. The van der Waals surface area contributed by atoms with E-state index in [-0.39, 0.29) is 0 Å². The third-order valence-corrected chi connectivity index (χ3v) is 3.26. The van der Waals surface area contributed by atoms with Crippen LogP contribution in [0, 0.1) is 0 Å². The van der Waals surface area contributed by atoms with Gasteiger partial charge in [0.15, 0.2) is 0 Å². The Bertz CT molecular complexity index is 470. The van der Waals surface area contributed by atoms with Crippen molar-refractivity contribution in [2.75, 3.05) is 0 Å². The van der Waals surface area contributed by atoms with Crippen molar-refractivity contribution in [2.45, 2.75) is 0 Å². The molecule has 0 saturated heterocycles. The molecule has 0 unspecified atom stereocenters. The minimum absolute atomic E-state index is 0.627. The molecule has 0 aliphatic rings. The Hall–Kier alpha value is -0.310. The first-order valence-corrected chi connectivity index (χ1v) is 5.12. The van der Waals surface area contributed by atoms with E-state index in [0.717, 1.165) is 15.4 Å². The maximum atomic E-state index is 5.91. The van der Waals surface area contributed by atoms with Gasteiger partial charge in [-0.25, -0.2) is 0 Å². The van der Waals surface area contributed by atoms with Gasteiger partial charge < -0.3 is 0 Å². The number of halogens is 3. The minimum atomic E-state index is 0.627. The molecule has 1 heterocycles. The number of pyridine rings is 1. The highest BCUT2D eigenvalue weighted by atomic mass is 79.9. The van der Waals surface area contributed by atoms with Crippen LogP contribution in [0.5, 0.6) is 0 Å². The molecule has 0 bridgehead atoms. The van der Waals surface area contributed by atoms with Crippen molar-refractivity contribution in [2.24, 2.45) is 0 Å². The fourth-order valence-corrected chi connectivity index (χ4v) is 1.90. The number of benzene rings is 1. The van der Waals surface area contributed by atoms with Crippen molar-refractivity contribution in [1.82, 2.24) is 4.98 Å². The normalized spacial score (nSPS) is 10.7. The zero-order chi connectivity index (χ0) is 9.42. The van der Waals surface area contributed by atoms with E-state index in [1.807, 2.05) is 18.2 Å². The molecule has 0 radical (unpaired) electrons. The van der Waals surface area contributed by atoms with E-state index < -0.39 is 0 Å². The second kappa shape index (κ2) is 3.45. The lowest BCUT2D eigenvalue weighted by molar-refractivity contribution is 1.40. The second-order valence-electron chi connectivity index (χ2n) is 2.59. The van der Waals surface area contributed by atoms with Crippen LogP contribution in [0.2, 0.25) is 10.0 Å². The molecule has 0 saturated carbocycles. The summed E-state index contributed by atoms with van der Waals surface area (Å²) in [6.07, 6.45) is 1.60. The van der Waals surface area contributed by atoms with Crippen LogP contribution in [0.4, 0.5) is 0 Å². The predicted molar refractivity (Wildman–Crippen MR) is 59.5 cm³/mol. The van der Waals surface area contributed by atoms with Crippen LogP contribution in [0.15, 0.2) is 28.9 Å². The molecule has 0 amide bonds. The summed E-state index contributed by atoms with van der Waals surface area (Å²) in [5.41, 5.74) is 0.830. The van der Waals surface area contributed by atoms with Crippen molar-refractivity contribution in [3.05, 3.63) is 38.9 Å². The zero-order valence-electron chi connectivity index (χ0n) is 6.39. The van der Waals surface area contributed by atoms with Gasteiger partial charge in [0, 0.05) is 11.6 Å². The molecule has 4 heteroatoms. The summed E-state index contributed by atoms with van der Waals surface area (Å²) < 4.78 is 0.809. The molecular weight excluding hydrogens is 273 g/mol. The average molecular weight is 277 g/mol. The maximum absolute atomic E-state index is 5.91. The van der Waals surface area contributed by atoms with Crippen LogP contribution in [0.3, 0.4) is 0 Å². The summed E-state index contributed by atoms with van der Waals surface area (Å²) in [7, 11) is 0. The third-order valence-electron chi connectivity index (χ3n) is 1.71. The fraction of sp³-hybridized carbons (Fsp3) is 0. The van der Waals surface area contributed by atoms with Gasteiger partial charge >= 0.3 is 0 Å². The Morgan fingerprint density at radius 3 is 2.77 bits per heavy atom. The van der Waals surface area contributed by atoms with Crippen LogP contribution >= 0.6 is 39.1 Å². The van der Waals surface area contributed by atoms with Gasteiger partial charge in [0.1, 0.15) is 0 Å². The van der Waals surface area contributed by atoms with E-state index in [2.05, 4.69) is 20.9 Å². The summed E-state index contributed by atoms with van der Waals surface area (Å²) >= 11 is 15.1. The quantitative estimate of drug-likeness (QED) is 0.699. The lowest BCUT2D eigenvalue weighted by Gasteiger charge is -2.01. The van der Waals surface area contributed by atoms with Crippen LogP contribution < -0.4 is 0 Å². The SMILES string of the molecule is Clc1cnc2c(Br)c(Cl)ccc2c1. The Labute approximate surface area is 93.8 Å². The molecule has 1 aromatic carbocycles. The topological polar surface area (TPSA) is 12.9 Å². The minimum Gasteiger partial charge on any atom is -0.253 e. The van der Waals surface area contributed by atoms with Gasteiger partial charge in [-0.3, -0.25) is 4.98 Å². The number of fused-ring (bicyclic) bond motifs is 1. The molecule has 2 aromatic rings. The van der Waals surface area contributed by atoms with E-state index in [1.165, 1.54) is 0 Å². The molecule has 1 nitrogen and oxygen atoms in total. The Morgan fingerprint density at radius 2 is 2.00 bits per heavy atom. The monoisotopic (exact) mass is 275 g/mol. The molecule has 0 N–H and O–H groups in total. The van der Waals surface area contributed by atoms with E-state index >= 15 is 0 Å². The van der Waals surface area contributed by atoms with Gasteiger partial charge in [0.25, 0.3) is 0 Å². The maximum Gasteiger partial charge on any atom is 0.0860 e. The summed E-state index contributed by atoms with van der Waals surface area (Å²) in [5, 5.41) is 2.26. The van der Waals surface area contributed by atoms with Crippen LogP contribution in [0.25, 0.3) is 10.9 Å². The molecular formula is C9H4BrCl2N. The molecule has 2 rings (SSSR count). The number of nitrogens with zero attached hydrogens (tertiary/aromatic N) is 1. The van der Waals surface area contributed by atoms with Gasteiger partial charge in [0.2, 0.25) is 0 Å². The lowest BCUT2D eigenvalue weighted by atomic mass is 10.2. The van der Waals surface area contributed by atoms with Crippen molar-refractivity contribution in [3.63, 3.8) is 0 Å². The molecule has 0 spiro atoms. The van der Waals surface area contributed by atoms with Crippen molar-refractivity contribution in [1.29, 1.82) is 0 Å². The Kier molecular flexibility index (Phi) is 2.45. The van der Waals surface area contributed by atoms with Gasteiger partial charge in [-0.1, -0.05) is 29.3 Å². The number of hydrogen-bond acceptors (Lipinski definition) is 1. The molecule has 13 heavy (non-hydrogen) atoms. The highest BCUT2D eigenvalue weighted by molar-refractivity contribution is 9.10. The molecule has 0 atom stereocenters. The smallest absolute Gasteiger partial charge is 0.0860 e. The summed E-state index contributed by atoms with van der Waals surface area (Å²) in [4.78, 5) is 4.18. The number of rotatable bonds is 0. The molecule has 1 aromatic heterocycles. The van der Waals surface area contributed by atoms with Crippen molar-refractivity contribution >= 4 is 50.0 Å². The van der Waals surface area contributed by atoms with E-state index in [9.17, 15) is 0 Å². The predicted octanol–water partition coefficient (Wildman–Crippen LogP) is 4.30. The second-order valence-corrected chi connectivity index (χ2v) is 4.22. The standard InChI is InChI=1S/C9H4BrCl2N/c10-8-7(12)2-1-5-3-6(11)4-13-9(5)8/h1-4H. The van der Waals surface area contributed by atoms with Crippen LogP contribution in [-0.4, -0.2) is 4.98 Å². The molecule has 0 aliphatic heterocycles. The first-order valence-electron chi connectivity index (χ1n) is 3.58. The largest absolute Gasteiger partial charge is 0.253 e. The number of aromatic nitrogens is 1. The average Bonchev–Trinajstić information content (AvgIpc) is 2.12. The van der Waals surface area contributed by atoms with Crippen molar-refractivity contribution in [3.8, 4) is 0 Å². The van der Waals surface area contributed by atoms with Crippen LogP contribution in [-0.2, 0) is 0 Å². The lowest BCUT2D eigenvalue weighted by Crippen LogP contribution is -1.80. The molecule has 0 fully saturated rings. The first kappa shape index (κ1) is 9.25. The van der Waals surface area contributed by atoms with Crippen molar-refractivity contribution < 1.29 is 0 Å². The fourth-order valence-electron chi connectivity index (χ4n) is 1.11. The Morgan fingerprint density at radius 1 is 1.23 bits per heavy atom. The Balaban J connectivity index is 2.87. The van der Waals surface area contributed by atoms with E-state index in [1.54, 1.807) is 6.20 Å². The van der Waals surface area contributed by atoms with Crippen LogP contribution in [0.1, 0.15) is 0 Å². The summed E-state index contributed by atoms with van der Waals surface area (Å²) in [6, 6.07) is 5.55. The van der Waals surface area contributed by atoms with E-state index in [4.69, 9.17) is 23.2 Å². The van der Waals surface area contributed by atoms with Gasteiger partial charge in [-0.2, -0.15) is 0 Å².